The molecular formula is C13H14FNO3S2. The predicted octanol–water partition coefficient (Wildman–Crippen LogP) is 2.51. The molecule has 2 rings (SSSR count). The lowest BCUT2D eigenvalue weighted by Crippen LogP contribution is -2.25. The topological polar surface area (TPSA) is 57.6 Å². The minimum Gasteiger partial charge on any atom is -0.391 e. The van der Waals surface area contributed by atoms with Crippen molar-refractivity contribution in [2.75, 3.05) is 11.4 Å². The third kappa shape index (κ3) is 2.70. The van der Waals surface area contributed by atoms with Gasteiger partial charge < -0.3 is 5.11 Å². The molecule has 0 spiro atoms. The first kappa shape index (κ1) is 15.0. The fraction of sp³-hybridized carbons (Fsp3) is 0.231. The number of nitrogens with zero attached hydrogens (tertiary/aromatic N) is 1. The van der Waals surface area contributed by atoms with Crippen LogP contribution >= 0.6 is 11.3 Å². The van der Waals surface area contributed by atoms with Crippen molar-refractivity contribution in [1.29, 1.82) is 0 Å². The molecule has 0 saturated carbocycles. The maximum absolute atomic E-state index is 13.2. The zero-order valence-electron chi connectivity index (χ0n) is 11.0. The molecule has 0 radical (unpaired) electrons. The van der Waals surface area contributed by atoms with Crippen LogP contribution in [0.4, 0.5) is 10.1 Å². The van der Waals surface area contributed by atoms with Gasteiger partial charge in [-0.1, -0.05) is 6.07 Å². The van der Waals surface area contributed by atoms with Gasteiger partial charge in [-0.2, -0.15) is 0 Å². The summed E-state index contributed by atoms with van der Waals surface area (Å²) in [7, 11) is -2.37. The number of sulfonamides is 1. The number of benzene rings is 1. The average molecular weight is 315 g/mol. The van der Waals surface area contributed by atoms with Gasteiger partial charge in [0.15, 0.2) is 0 Å². The molecule has 1 N–H and O–H groups in total. The van der Waals surface area contributed by atoms with E-state index in [0.29, 0.717) is 4.88 Å². The van der Waals surface area contributed by atoms with E-state index in [4.69, 9.17) is 5.11 Å². The lowest BCUT2D eigenvalue weighted by molar-refractivity contribution is 0.285. The smallest absolute Gasteiger partial charge is 0.273 e. The van der Waals surface area contributed by atoms with E-state index in [-0.39, 0.29) is 16.5 Å². The van der Waals surface area contributed by atoms with Crippen LogP contribution in [0.2, 0.25) is 0 Å². The fourth-order valence-electron chi connectivity index (χ4n) is 1.72. The Bertz CT molecular complexity index is 725. The standard InChI is InChI=1S/C13H14FNO3S2/c1-9-6-13(19-12(9)8-16)20(17,18)15(2)11-5-3-4-10(14)7-11/h3-7,16H,8H2,1-2H3. The summed E-state index contributed by atoms with van der Waals surface area (Å²) in [6, 6.07) is 6.90. The molecule has 1 heterocycles. The minimum absolute atomic E-state index is 0.130. The van der Waals surface area contributed by atoms with E-state index < -0.39 is 15.8 Å². The van der Waals surface area contributed by atoms with Gasteiger partial charge in [-0.05, 0) is 36.8 Å². The lowest BCUT2D eigenvalue weighted by atomic mass is 10.3. The highest BCUT2D eigenvalue weighted by molar-refractivity contribution is 7.94. The second-order valence-electron chi connectivity index (χ2n) is 4.28. The van der Waals surface area contributed by atoms with Crippen LogP contribution < -0.4 is 4.31 Å². The van der Waals surface area contributed by atoms with Gasteiger partial charge in [0.1, 0.15) is 10.0 Å². The molecule has 0 amide bonds. The Morgan fingerprint density at radius 3 is 2.60 bits per heavy atom. The second-order valence-corrected chi connectivity index (χ2v) is 7.61. The van der Waals surface area contributed by atoms with Crippen LogP contribution in [0.25, 0.3) is 0 Å². The lowest BCUT2D eigenvalue weighted by Gasteiger charge is -2.18. The first-order chi connectivity index (χ1) is 9.36. The number of halogens is 1. The van der Waals surface area contributed by atoms with Crippen LogP contribution in [0.3, 0.4) is 0 Å². The maximum Gasteiger partial charge on any atom is 0.273 e. The van der Waals surface area contributed by atoms with Crippen molar-refractivity contribution in [2.45, 2.75) is 17.7 Å². The quantitative estimate of drug-likeness (QED) is 0.943. The van der Waals surface area contributed by atoms with Gasteiger partial charge in [0.05, 0.1) is 12.3 Å². The van der Waals surface area contributed by atoms with E-state index in [1.54, 1.807) is 6.92 Å². The number of hydrogen-bond donors (Lipinski definition) is 1. The number of aryl methyl sites for hydroxylation is 1. The molecule has 7 heteroatoms. The van der Waals surface area contributed by atoms with Gasteiger partial charge in [0.25, 0.3) is 10.0 Å². The SMILES string of the molecule is Cc1cc(S(=O)(=O)N(C)c2cccc(F)c2)sc1CO. The van der Waals surface area contributed by atoms with Crippen molar-refractivity contribution in [3.63, 3.8) is 0 Å². The Morgan fingerprint density at radius 1 is 1.35 bits per heavy atom. The summed E-state index contributed by atoms with van der Waals surface area (Å²) < 4.78 is 39.3. The molecule has 2 aromatic rings. The normalized spacial score (nSPS) is 11.6. The summed E-state index contributed by atoms with van der Waals surface area (Å²) in [5.41, 5.74) is 0.977. The summed E-state index contributed by atoms with van der Waals surface area (Å²) in [5, 5.41) is 9.14. The molecule has 0 unspecified atom stereocenters. The van der Waals surface area contributed by atoms with E-state index in [9.17, 15) is 12.8 Å². The molecule has 0 atom stereocenters. The third-order valence-corrected chi connectivity index (χ3v) is 6.38. The summed E-state index contributed by atoms with van der Waals surface area (Å²) >= 11 is 1.02. The zero-order valence-corrected chi connectivity index (χ0v) is 12.6. The second kappa shape index (κ2) is 5.51. The molecular weight excluding hydrogens is 301 g/mol. The maximum atomic E-state index is 13.2. The van der Waals surface area contributed by atoms with Crippen molar-refractivity contribution in [2.24, 2.45) is 0 Å². The van der Waals surface area contributed by atoms with Gasteiger partial charge in [-0.15, -0.1) is 11.3 Å². The van der Waals surface area contributed by atoms with Gasteiger partial charge >= 0.3 is 0 Å². The number of aliphatic hydroxyl groups is 1. The number of hydrogen-bond acceptors (Lipinski definition) is 4. The molecule has 1 aromatic carbocycles. The Balaban J connectivity index is 2.43. The molecule has 0 bridgehead atoms. The highest BCUT2D eigenvalue weighted by Gasteiger charge is 2.24. The van der Waals surface area contributed by atoms with Crippen molar-refractivity contribution >= 4 is 27.0 Å². The van der Waals surface area contributed by atoms with Crippen LogP contribution in [0.5, 0.6) is 0 Å². The summed E-state index contributed by atoms with van der Waals surface area (Å²) in [6.45, 7) is 1.54. The summed E-state index contributed by atoms with van der Waals surface area (Å²) in [6.07, 6.45) is 0. The van der Waals surface area contributed by atoms with E-state index in [0.717, 1.165) is 27.3 Å². The van der Waals surface area contributed by atoms with Gasteiger partial charge in [0, 0.05) is 11.9 Å². The molecule has 1 aromatic heterocycles. The number of aliphatic hydroxyl groups excluding tert-OH is 1. The van der Waals surface area contributed by atoms with Gasteiger partial charge in [-0.3, -0.25) is 4.31 Å². The number of anilines is 1. The number of rotatable bonds is 4. The third-order valence-electron chi connectivity index (χ3n) is 2.93. The highest BCUT2D eigenvalue weighted by Crippen LogP contribution is 2.30. The Labute approximate surface area is 121 Å². The largest absolute Gasteiger partial charge is 0.391 e. The van der Waals surface area contributed by atoms with Gasteiger partial charge in [-0.25, -0.2) is 12.8 Å². The van der Waals surface area contributed by atoms with E-state index in [1.165, 1.54) is 31.3 Å². The Hall–Kier alpha value is -1.44. The molecule has 4 nitrogen and oxygen atoms in total. The van der Waals surface area contributed by atoms with E-state index in [2.05, 4.69) is 0 Å². The minimum atomic E-state index is -3.75. The Kier molecular flexibility index (Phi) is 4.12. The van der Waals surface area contributed by atoms with E-state index >= 15 is 0 Å². The summed E-state index contributed by atoms with van der Waals surface area (Å²) in [5.74, 6) is -0.497. The van der Waals surface area contributed by atoms with Gasteiger partial charge in [0.2, 0.25) is 0 Å². The van der Waals surface area contributed by atoms with Crippen molar-refractivity contribution < 1.29 is 17.9 Å². The molecule has 0 fully saturated rings. The monoisotopic (exact) mass is 315 g/mol. The van der Waals surface area contributed by atoms with Crippen LogP contribution in [0.15, 0.2) is 34.5 Å². The van der Waals surface area contributed by atoms with E-state index in [1.807, 2.05) is 0 Å². The highest BCUT2D eigenvalue weighted by atomic mass is 32.2. The van der Waals surface area contributed by atoms with Crippen LogP contribution in [0.1, 0.15) is 10.4 Å². The summed E-state index contributed by atoms with van der Waals surface area (Å²) in [4.78, 5) is 0.608. The Morgan fingerprint density at radius 2 is 2.05 bits per heavy atom. The molecule has 108 valence electrons. The van der Waals surface area contributed by atoms with Crippen molar-refractivity contribution in [3.8, 4) is 0 Å². The first-order valence-electron chi connectivity index (χ1n) is 5.81. The molecule has 20 heavy (non-hydrogen) atoms. The van der Waals surface area contributed by atoms with Crippen LogP contribution in [-0.4, -0.2) is 20.6 Å². The molecule has 0 aliphatic rings. The van der Waals surface area contributed by atoms with Crippen LogP contribution in [-0.2, 0) is 16.6 Å². The first-order valence-corrected chi connectivity index (χ1v) is 8.06. The molecule has 0 saturated heterocycles. The fourth-order valence-corrected chi connectivity index (χ4v) is 4.53. The zero-order chi connectivity index (χ0) is 14.9. The van der Waals surface area contributed by atoms with Crippen molar-refractivity contribution in [1.82, 2.24) is 0 Å². The van der Waals surface area contributed by atoms with Crippen LogP contribution in [0, 0.1) is 12.7 Å². The average Bonchev–Trinajstić information content (AvgIpc) is 2.79. The number of thiophene rings is 1. The predicted molar refractivity (Wildman–Crippen MR) is 77.0 cm³/mol. The molecule has 0 aliphatic carbocycles. The molecule has 0 aliphatic heterocycles. The van der Waals surface area contributed by atoms with Crippen molar-refractivity contribution in [3.05, 3.63) is 46.6 Å².